The van der Waals surface area contributed by atoms with Crippen LogP contribution in [0.3, 0.4) is 0 Å². The lowest BCUT2D eigenvalue weighted by atomic mass is 9.80. The SMILES string of the molecule is CCCN1CCN(c2ccc(B(O)O)cc2)CC1. The molecule has 5 heteroatoms. The highest BCUT2D eigenvalue weighted by Gasteiger charge is 2.17. The standard InChI is InChI=1S/C13H21BN2O2/c1-2-7-15-8-10-16(11-9-15)13-5-3-12(4-6-13)14(17)18/h3-6,17-18H,2,7-11H2,1H3. The van der Waals surface area contributed by atoms with Crippen molar-refractivity contribution in [3.05, 3.63) is 24.3 Å². The molecule has 0 radical (unpaired) electrons. The summed E-state index contributed by atoms with van der Waals surface area (Å²) in [4.78, 5) is 4.84. The van der Waals surface area contributed by atoms with Crippen molar-refractivity contribution in [3.8, 4) is 0 Å². The normalized spacial score (nSPS) is 16.9. The first-order chi connectivity index (χ1) is 8.70. The van der Waals surface area contributed by atoms with E-state index in [2.05, 4.69) is 16.7 Å². The first-order valence-corrected chi connectivity index (χ1v) is 6.64. The van der Waals surface area contributed by atoms with Gasteiger partial charge in [-0.15, -0.1) is 0 Å². The molecule has 1 fully saturated rings. The lowest BCUT2D eigenvalue weighted by Crippen LogP contribution is -2.46. The van der Waals surface area contributed by atoms with Gasteiger partial charge in [0.2, 0.25) is 0 Å². The van der Waals surface area contributed by atoms with Gasteiger partial charge in [0, 0.05) is 31.9 Å². The molecule has 0 unspecified atom stereocenters. The molecule has 0 spiro atoms. The zero-order chi connectivity index (χ0) is 13.0. The maximum Gasteiger partial charge on any atom is 0.488 e. The predicted octanol–water partition coefficient (Wildman–Crippen LogP) is -0.102. The Morgan fingerprint density at radius 2 is 1.67 bits per heavy atom. The fraction of sp³-hybridized carbons (Fsp3) is 0.538. The van der Waals surface area contributed by atoms with E-state index in [0.29, 0.717) is 5.46 Å². The van der Waals surface area contributed by atoms with Crippen LogP contribution in [0.5, 0.6) is 0 Å². The van der Waals surface area contributed by atoms with Gasteiger partial charge in [0.05, 0.1) is 0 Å². The zero-order valence-electron chi connectivity index (χ0n) is 10.9. The largest absolute Gasteiger partial charge is 0.488 e. The fourth-order valence-electron chi connectivity index (χ4n) is 2.40. The summed E-state index contributed by atoms with van der Waals surface area (Å²) >= 11 is 0. The third-order valence-corrected chi connectivity index (χ3v) is 3.47. The summed E-state index contributed by atoms with van der Waals surface area (Å²) in [7, 11) is -1.37. The van der Waals surface area contributed by atoms with Crippen molar-refractivity contribution in [1.82, 2.24) is 4.90 Å². The quantitative estimate of drug-likeness (QED) is 0.730. The number of benzene rings is 1. The third-order valence-electron chi connectivity index (χ3n) is 3.47. The second-order valence-corrected chi connectivity index (χ2v) is 4.79. The van der Waals surface area contributed by atoms with E-state index in [1.165, 1.54) is 13.0 Å². The van der Waals surface area contributed by atoms with Crippen LogP contribution in [0.15, 0.2) is 24.3 Å². The van der Waals surface area contributed by atoms with Gasteiger partial charge in [-0.25, -0.2) is 0 Å². The van der Waals surface area contributed by atoms with Crippen LogP contribution in [0.4, 0.5) is 5.69 Å². The van der Waals surface area contributed by atoms with E-state index in [-0.39, 0.29) is 0 Å². The summed E-state index contributed by atoms with van der Waals surface area (Å²) in [5, 5.41) is 18.1. The van der Waals surface area contributed by atoms with Crippen molar-refractivity contribution in [2.24, 2.45) is 0 Å². The Labute approximate surface area is 109 Å². The van der Waals surface area contributed by atoms with Gasteiger partial charge >= 0.3 is 7.12 Å². The van der Waals surface area contributed by atoms with Crippen molar-refractivity contribution < 1.29 is 10.0 Å². The van der Waals surface area contributed by atoms with Crippen LogP contribution in [-0.2, 0) is 0 Å². The molecule has 1 aromatic carbocycles. The van der Waals surface area contributed by atoms with Gasteiger partial charge in [-0.3, -0.25) is 4.90 Å². The Bertz CT molecular complexity index is 362. The summed E-state index contributed by atoms with van der Waals surface area (Å²) in [6.45, 7) is 7.70. The molecule has 2 rings (SSSR count). The van der Waals surface area contributed by atoms with E-state index in [0.717, 1.165) is 31.9 Å². The number of anilines is 1. The molecule has 0 bridgehead atoms. The van der Waals surface area contributed by atoms with Gasteiger partial charge < -0.3 is 14.9 Å². The highest BCUT2D eigenvalue weighted by molar-refractivity contribution is 6.58. The Balaban J connectivity index is 1.93. The molecule has 18 heavy (non-hydrogen) atoms. The van der Waals surface area contributed by atoms with Gasteiger partial charge in [-0.2, -0.15) is 0 Å². The van der Waals surface area contributed by atoms with Crippen LogP contribution < -0.4 is 10.4 Å². The molecule has 0 aromatic heterocycles. The maximum atomic E-state index is 9.05. The van der Waals surface area contributed by atoms with Crippen LogP contribution in [0.25, 0.3) is 0 Å². The lowest BCUT2D eigenvalue weighted by Gasteiger charge is -2.36. The van der Waals surface area contributed by atoms with Crippen LogP contribution >= 0.6 is 0 Å². The first-order valence-electron chi connectivity index (χ1n) is 6.64. The zero-order valence-corrected chi connectivity index (χ0v) is 10.9. The second kappa shape index (κ2) is 6.23. The second-order valence-electron chi connectivity index (χ2n) is 4.79. The van der Waals surface area contributed by atoms with Crippen LogP contribution in [0.1, 0.15) is 13.3 Å². The van der Waals surface area contributed by atoms with Crippen molar-refractivity contribution in [2.45, 2.75) is 13.3 Å². The number of hydrogen-bond donors (Lipinski definition) is 2. The van der Waals surface area contributed by atoms with Crippen LogP contribution in [0.2, 0.25) is 0 Å². The van der Waals surface area contributed by atoms with Crippen molar-refractivity contribution in [3.63, 3.8) is 0 Å². The molecule has 1 aliphatic heterocycles. The summed E-state index contributed by atoms with van der Waals surface area (Å²) in [5.41, 5.74) is 1.71. The van der Waals surface area contributed by atoms with Gasteiger partial charge in [-0.05, 0) is 30.6 Å². The van der Waals surface area contributed by atoms with Crippen LogP contribution in [-0.4, -0.2) is 54.8 Å². The highest BCUT2D eigenvalue weighted by Crippen LogP contribution is 2.15. The van der Waals surface area contributed by atoms with Crippen molar-refractivity contribution >= 4 is 18.3 Å². The average molecular weight is 248 g/mol. The van der Waals surface area contributed by atoms with Gasteiger partial charge in [0.1, 0.15) is 0 Å². The van der Waals surface area contributed by atoms with Crippen molar-refractivity contribution in [1.29, 1.82) is 0 Å². The summed E-state index contributed by atoms with van der Waals surface area (Å²) in [6, 6.07) is 7.48. The number of hydrogen-bond acceptors (Lipinski definition) is 4. The molecular formula is C13H21BN2O2. The third kappa shape index (κ3) is 3.25. The van der Waals surface area contributed by atoms with E-state index >= 15 is 0 Å². The molecule has 0 saturated carbocycles. The number of rotatable bonds is 4. The Kier molecular flexibility index (Phi) is 4.63. The smallest absolute Gasteiger partial charge is 0.423 e. The Morgan fingerprint density at radius 3 is 2.17 bits per heavy atom. The van der Waals surface area contributed by atoms with Gasteiger partial charge in [0.25, 0.3) is 0 Å². The average Bonchev–Trinajstić information content (AvgIpc) is 2.40. The molecule has 2 N–H and O–H groups in total. The predicted molar refractivity (Wildman–Crippen MR) is 75.2 cm³/mol. The molecule has 4 nitrogen and oxygen atoms in total. The van der Waals surface area contributed by atoms with Crippen molar-refractivity contribution in [2.75, 3.05) is 37.6 Å². The van der Waals surface area contributed by atoms with E-state index in [1.807, 2.05) is 12.1 Å². The Hall–Kier alpha value is -1.04. The molecule has 1 aromatic rings. The molecule has 1 heterocycles. The molecule has 0 amide bonds. The molecule has 98 valence electrons. The molecular weight excluding hydrogens is 227 g/mol. The summed E-state index contributed by atoms with van der Waals surface area (Å²) in [6.07, 6.45) is 1.21. The van der Waals surface area contributed by atoms with Gasteiger partial charge in [0.15, 0.2) is 0 Å². The molecule has 0 atom stereocenters. The van der Waals surface area contributed by atoms with Crippen LogP contribution in [0, 0.1) is 0 Å². The summed E-state index contributed by atoms with van der Waals surface area (Å²) in [5.74, 6) is 0. The minimum absolute atomic E-state index is 0.545. The highest BCUT2D eigenvalue weighted by atomic mass is 16.4. The number of nitrogens with zero attached hydrogens (tertiary/aromatic N) is 2. The minimum Gasteiger partial charge on any atom is -0.423 e. The summed E-state index contributed by atoms with van der Waals surface area (Å²) < 4.78 is 0. The van der Waals surface area contributed by atoms with E-state index in [9.17, 15) is 0 Å². The maximum absolute atomic E-state index is 9.05. The van der Waals surface area contributed by atoms with E-state index < -0.39 is 7.12 Å². The van der Waals surface area contributed by atoms with Gasteiger partial charge in [-0.1, -0.05) is 19.1 Å². The first kappa shape index (κ1) is 13.4. The molecule has 0 aliphatic carbocycles. The fourth-order valence-corrected chi connectivity index (χ4v) is 2.40. The topological polar surface area (TPSA) is 46.9 Å². The van der Waals surface area contributed by atoms with E-state index in [4.69, 9.17) is 10.0 Å². The lowest BCUT2D eigenvalue weighted by molar-refractivity contribution is 0.258. The Morgan fingerprint density at radius 1 is 1.06 bits per heavy atom. The molecule has 1 saturated heterocycles. The minimum atomic E-state index is -1.37. The number of piperazine rings is 1. The molecule has 1 aliphatic rings. The van der Waals surface area contributed by atoms with E-state index in [1.54, 1.807) is 12.1 Å². The monoisotopic (exact) mass is 248 g/mol.